The van der Waals surface area contributed by atoms with Gasteiger partial charge in [-0.2, -0.15) is 15.4 Å². The predicted molar refractivity (Wildman–Crippen MR) is 83.6 cm³/mol. The van der Waals surface area contributed by atoms with Gasteiger partial charge in [0.15, 0.2) is 0 Å². The average molecular weight is 326 g/mol. The van der Waals surface area contributed by atoms with Crippen LogP contribution in [0.15, 0.2) is 6.20 Å². The first-order valence-corrected chi connectivity index (χ1v) is 7.78. The number of methoxy groups -OCH3 is 1. The molecule has 23 heavy (non-hydrogen) atoms. The van der Waals surface area contributed by atoms with Crippen LogP contribution < -0.4 is 0 Å². The number of hydrogen-bond acceptors (Lipinski definition) is 7. The SMILES string of the molecule is COCCN(C)CC(=O)N1CCN(Cc2cn[nH]n2)C[C@@H](O)C1. The van der Waals surface area contributed by atoms with Crippen LogP contribution in [-0.4, -0.2) is 107 Å². The quantitative estimate of drug-likeness (QED) is 0.622. The third-order valence-corrected chi connectivity index (χ3v) is 3.87. The van der Waals surface area contributed by atoms with Crippen LogP contribution >= 0.6 is 0 Å². The zero-order valence-electron chi connectivity index (χ0n) is 13.8. The number of carbonyl (C=O) groups is 1. The van der Waals surface area contributed by atoms with E-state index in [1.807, 2.05) is 11.9 Å². The molecule has 1 aromatic heterocycles. The molecule has 1 aromatic rings. The minimum Gasteiger partial charge on any atom is -0.390 e. The number of aliphatic hydroxyl groups excluding tert-OH is 1. The Morgan fingerprint density at radius 1 is 1.52 bits per heavy atom. The first-order chi connectivity index (χ1) is 11.1. The molecule has 1 fully saturated rings. The summed E-state index contributed by atoms with van der Waals surface area (Å²) in [4.78, 5) is 18.1. The lowest BCUT2D eigenvalue weighted by molar-refractivity contribution is -0.133. The summed E-state index contributed by atoms with van der Waals surface area (Å²) in [5, 5.41) is 20.6. The molecule has 1 aliphatic rings. The number of amides is 1. The molecular weight excluding hydrogens is 300 g/mol. The van der Waals surface area contributed by atoms with E-state index in [0.29, 0.717) is 52.4 Å². The zero-order valence-corrected chi connectivity index (χ0v) is 13.8. The highest BCUT2D eigenvalue weighted by Gasteiger charge is 2.25. The Morgan fingerprint density at radius 2 is 2.35 bits per heavy atom. The van der Waals surface area contributed by atoms with Crippen molar-refractivity contribution in [3.63, 3.8) is 0 Å². The van der Waals surface area contributed by atoms with E-state index in [9.17, 15) is 9.90 Å². The lowest BCUT2D eigenvalue weighted by atomic mass is 10.3. The zero-order chi connectivity index (χ0) is 16.7. The van der Waals surface area contributed by atoms with Gasteiger partial charge in [0.05, 0.1) is 31.1 Å². The topological polar surface area (TPSA) is 97.8 Å². The molecule has 0 spiro atoms. The molecule has 1 aliphatic heterocycles. The minimum absolute atomic E-state index is 0.0333. The minimum atomic E-state index is -0.558. The van der Waals surface area contributed by atoms with Gasteiger partial charge < -0.3 is 14.7 Å². The second-order valence-electron chi connectivity index (χ2n) is 5.92. The van der Waals surface area contributed by atoms with Crippen molar-refractivity contribution < 1.29 is 14.6 Å². The van der Waals surface area contributed by atoms with Crippen LogP contribution in [0.4, 0.5) is 0 Å². The lowest BCUT2D eigenvalue weighted by Gasteiger charge is -2.24. The van der Waals surface area contributed by atoms with E-state index in [4.69, 9.17) is 4.74 Å². The van der Waals surface area contributed by atoms with Crippen LogP contribution in [0, 0.1) is 0 Å². The number of likely N-dealkylation sites (N-methyl/N-ethyl adjacent to an activating group) is 1. The molecule has 2 heterocycles. The van der Waals surface area contributed by atoms with Crippen molar-refractivity contribution in [1.29, 1.82) is 0 Å². The van der Waals surface area contributed by atoms with Crippen LogP contribution in [0.2, 0.25) is 0 Å². The molecule has 1 amide bonds. The van der Waals surface area contributed by atoms with Gasteiger partial charge in [-0.05, 0) is 7.05 Å². The number of β-amino-alcohol motifs (C(OH)–C–C–N with tert-alkyl or cyclic N) is 1. The number of carbonyl (C=O) groups excluding carboxylic acids is 1. The Labute approximate surface area is 136 Å². The van der Waals surface area contributed by atoms with Crippen molar-refractivity contribution in [1.82, 2.24) is 30.1 Å². The predicted octanol–water partition coefficient (Wildman–Crippen LogP) is -1.61. The van der Waals surface area contributed by atoms with E-state index in [2.05, 4.69) is 20.3 Å². The normalized spacial score (nSPS) is 20.0. The standard InChI is InChI=1S/C14H26N6O3/c1-18(5-6-23-2)11-14(22)20-4-3-19(9-13(21)10-20)8-12-7-15-17-16-12/h7,13,21H,3-6,8-11H2,1-2H3,(H,15,16,17)/t13-/m1/s1. The maximum atomic E-state index is 12.4. The third kappa shape index (κ3) is 5.87. The van der Waals surface area contributed by atoms with Crippen molar-refractivity contribution in [2.45, 2.75) is 12.6 Å². The molecular formula is C14H26N6O3. The number of rotatable bonds is 7. The average Bonchev–Trinajstić information content (AvgIpc) is 2.94. The smallest absolute Gasteiger partial charge is 0.236 e. The Morgan fingerprint density at radius 3 is 3.04 bits per heavy atom. The molecule has 0 saturated carbocycles. The third-order valence-electron chi connectivity index (χ3n) is 3.87. The fraction of sp³-hybridized carbons (Fsp3) is 0.786. The molecule has 0 unspecified atom stereocenters. The van der Waals surface area contributed by atoms with Crippen molar-refractivity contribution in [3.8, 4) is 0 Å². The van der Waals surface area contributed by atoms with E-state index in [-0.39, 0.29) is 5.91 Å². The van der Waals surface area contributed by atoms with Crippen LogP contribution in [0.1, 0.15) is 5.69 Å². The van der Waals surface area contributed by atoms with Crippen LogP contribution in [-0.2, 0) is 16.1 Å². The van der Waals surface area contributed by atoms with Crippen LogP contribution in [0.3, 0.4) is 0 Å². The van der Waals surface area contributed by atoms with Gasteiger partial charge in [0.2, 0.25) is 5.91 Å². The van der Waals surface area contributed by atoms with Gasteiger partial charge in [-0.25, -0.2) is 0 Å². The molecule has 0 aliphatic carbocycles. The number of nitrogens with one attached hydrogen (secondary N) is 1. The number of aromatic amines is 1. The van der Waals surface area contributed by atoms with Gasteiger partial charge in [0.1, 0.15) is 0 Å². The first kappa shape index (κ1) is 17.8. The molecule has 9 heteroatoms. The largest absolute Gasteiger partial charge is 0.390 e. The van der Waals surface area contributed by atoms with Crippen molar-refractivity contribution in [2.75, 3.05) is 60.0 Å². The number of hydrogen-bond donors (Lipinski definition) is 2. The van der Waals surface area contributed by atoms with Gasteiger partial charge >= 0.3 is 0 Å². The van der Waals surface area contributed by atoms with Gasteiger partial charge in [-0.15, -0.1) is 0 Å². The highest BCUT2D eigenvalue weighted by molar-refractivity contribution is 5.78. The molecule has 1 saturated heterocycles. The van der Waals surface area contributed by atoms with Crippen molar-refractivity contribution in [3.05, 3.63) is 11.9 Å². The summed E-state index contributed by atoms with van der Waals surface area (Å²) in [6.45, 7) is 4.45. The maximum Gasteiger partial charge on any atom is 0.236 e. The highest BCUT2D eigenvalue weighted by Crippen LogP contribution is 2.08. The summed E-state index contributed by atoms with van der Waals surface area (Å²) in [7, 11) is 3.53. The summed E-state index contributed by atoms with van der Waals surface area (Å²) in [6, 6.07) is 0. The fourth-order valence-corrected chi connectivity index (χ4v) is 2.61. The monoisotopic (exact) mass is 326 g/mol. The second kappa shape index (κ2) is 8.92. The van der Waals surface area contributed by atoms with Crippen LogP contribution in [0.25, 0.3) is 0 Å². The molecule has 2 rings (SSSR count). The van der Waals surface area contributed by atoms with Crippen molar-refractivity contribution in [2.24, 2.45) is 0 Å². The van der Waals surface area contributed by atoms with Gasteiger partial charge in [-0.1, -0.05) is 0 Å². The van der Waals surface area contributed by atoms with Crippen molar-refractivity contribution >= 4 is 5.91 Å². The number of ether oxygens (including phenoxy) is 1. The lowest BCUT2D eigenvalue weighted by Crippen LogP contribution is -2.43. The van der Waals surface area contributed by atoms with E-state index in [0.717, 1.165) is 5.69 Å². The Hall–Kier alpha value is -1.55. The Kier molecular flexibility index (Phi) is 6.90. The summed E-state index contributed by atoms with van der Waals surface area (Å²) in [5.41, 5.74) is 0.830. The number of aromatic nitrogens is 3. The fourth-order valence-electron chi connectivity index (χ4n) is 2.61. The molecule has 0 radical (unpaired) electrons. The maximum absolute atomic E-state index is 12.4. The van der Waals surface area contributed by atoms with E-state index in [1.54, 1.807) is 18.2 Å². The molecule has 0 aromatic carbocycles. The van der Waals surface area contributed by atoms with E-state index < -0.39 is 6.10 Å². The van der Waals surface area contributed by atoms with Gasteiger partial charge in [0.25, 0.3) is 0 Å². The number of nitrogens with zero attached hydrogens (tertiary/aromatic N) is 5. The summed E-state index contributed by atoms with van der Waals surface area (Å²) < 4.78 is 5.01. The first-order valence-electron chi connectivity index (χ1n) is 7.78. The summed E-state index contributed by atoms with van der Waals surface area (Å²) >= 11 is 0. The molecule has 0 bridgehead atoms. The molecule has 130 valence electrons. The van der Waals surface area contributed by atoms with Gasteiger partial charge in [-0.3, -0.25) is 14.6 Å². The van der Waals surface area contributed by atoms with E-state index >= 15 is 0 Å². The summed E-state index contributed by atoms with van der Waals surface area (Å²) in [5.74, 6) is 0.0333. The van der Waals surface area contributed by atoms with E-state index in [1.165, 1.54) is 0 Å². The van der Waals surface area contributed by atoms with Gasteiger partial charge in [0, 0.05) is 46.4 Å². The second-order valence-corrected chi connectivity index (χ2v) is 5.92. The molecule has 9 nitrogen and oxygen atoms in total. The number of H-pyrrole nitrogens is 1. The highest BCUT2D eigenvalue weighted by atomic mass is 16.5. The Balaban J connectivity index is 1.83. The van der Waals surface area contributed by atoms with Crippen LogP contribution in [0.5, 0.6) is 0 Å². The molecule has 1 atom stereocenters. The number of aliphatic hydroxyl groups is 1. The molecule has 2 N–H and O–H groups in total. The Bertz CT molecular complexity index is 469. The summed E-state index contributed by atoms with van der Waals surface area (Å²) in [6.07, 6.45) is 1.11.